The van der Waals surface area contributed by atoms with E-state index in [4.69, 9.17) is 9.47 Å². The molecule has 1 heterocycles. The lowest BCUT2D eigenvalue weighted by molar-refractivity contribution is 0.397. The van der Waals surface area contributed by atoms with Crippen molar-refractivity contribution >= 4 is 0 Å². The number of aromatic amines is 1. The molecule has 0 spiro atoms. The van der Waals surface area contributed by atoms with Crippen molar-refractivity contribution in [1.29, 1.82) is 0 Å². The van der Waals surface area contributed by atoms with Crippen molar-refractivity contribution in [3.63, 3.8) is 0 Å². The monoisotopic (exact) mass is 204 g/mol. The number of hydrogen-bond acceptors (Lipinski definition) is 3. The van der Waals surface area contributed by atoms with E-state index in [1.165, 1.54) is 0 Å². The summed E-state index contributed by atoms with van der Waals surface area (Å²) in [5, 5.41) is 6.68. The van der Waals surface area contributed by atoms with Gasteiger partial charge in [-0.2, -0.15) is 5.10 Å². The SMILES string of the molecule is COc1cccc(OC)c1-c1cn[nH]c1. The summed E-state index contributed by atoms with van der Waals surface area (Å²) in [4.78, 5) is 0. The van der Waals surface area contributed by atoms with E-state index in [0.717, 1.165) is 22.6 Å². The van der Waals surface area contributed by atoms with Crippen molar-refractivity contribution in [2.45, 2.75) is 0 Å². The average molecular weight is 204 g/mol. The molecule has 1 aromatic heterocycles. The summed E-state index contributed by atoms with van der Waals surface area (Å²) in [6.45, 7) is 0. The number of benzene rings is 1. The van der Waals surface area contributed by atoms with E-state index in [2.05, 4.69) is 10.2 Å². The van der Waals surface area contributed by atoms with Gasteiger partial charge in [0.25, 0.3) is 0 Å². The second-order valence-corrected chi connectivity index (χ2v) is 3.02. The molecule has 0 fully saturated rings. The summed E-state index contributed by atoms with van der Waals surface area (Å²) < 4.78 is 10.6. The maximum Gasteiger partial charge on any atom is 0.130 e. The fourth-order valence-electron chi connectivity index (χ4n) is 1.52. The molecule has 78 valence electrons. The quantitative estimate of drug-likeness (QED) is 0.832. The minimum Gasteiger partial charge on any atom is -0.496 e. The van der Waals surface area contributed by atoms with Crippen LogP contribution in [0, 0.1) is 0 Å². The zero-order chi connectivity index (χ0) is 10.7. The second kappa shape index (κ2) is 4.04. The van der Waals surface area contributed by atoms with Crippen molar-refractivity contribution < 1.29 is 9.47 Å². The van der Waals surface area contributed by atoms with Gasteiger partial charge in [-0.25, -0.2) is 0 Å². The summed E-state index contributed by atoms with van der Waals surface area (Å²) >= 11 is 0. The fraction of sp³-hybridized carbons (Fsp3) is 0.182. The number of rotatable bonds is 3. The molecule has 2 rings (SSSR count). The molecule has 0 atom stereocenters. The summed E-state index contributed by atoms with van der Waals surface area (Å²) in [5.41, 5.74) is 1.86. The Balaban J connectivity index is 2.61. The van der Waals surface area contributed by atoms with Gasteiger partial charge in [0.2, 0.25) is 0 Å². The van der Waals surface area contributed by atoms with E-state index < -0.39 is 0 Å². The summed E-state index contributed by atoms with van der Waals surface area (Å²) in [5.74, 6) is 1.55. The molecule has 0 aliphatic carbocycles. The Hall–Kier alpha value is -1.97. The normalized spacial score (nSPS) is 10.0. The van der Waals surface area contributed by atoms with Gasteiger partial charge in [-0.1, -0.05) is 6.07 Å². The predicted molar refractivity (Wildman–Crippen MR) is 57.1 cm³/mol. The predicted octanol–water partition coefficient (Wildman–Crippen LogP) is 2.09. The molecule has 0 saturated heterocycles. The molecule has 1 N–H and O–H groups in total. The second-order valence-electron chi connectivity index (χ2n) is 3.02. The lowest BCUT2D eigenvalue weighted by atomic mass is 10.1. The summed E-state index contributed by atoms with van der Waals surface area (Å²) in [7, 11) is 3.27. The van der Waals surface area contributed by atoms with Crippen LogP contribution in [0.2, 0.25) is 0 Å². The molecule has 0 saturated carbocycles. The van der Waals surface area contributed by atoms with Crippen LogP contribution in [0.5, 0.6) is 11.5 Å². The molecule has 0 aliphatic heterocycles. The highest BCUT2D eigenvalue weighted by atomic mass is 16.5. The van der Waals surface area contributed by atoms with Crippen molar-refractivity contribution in [2.75, 3.05) is 14.2 Å². The Morgan fingerprint density at radius 3 is 2.27 bits per heavy atom. The van der Waals surface area contributed by atoms with Crippen LogP contribution in [0.25, 0.3) is 11.1 Å². The third-order valence-electron chi connectivity index (χ3n) is 2.21. The first-order chi connectivity index (χ1) is 7.36. The van der Waals surface area contributed by atoms with Gasteiger partial charge in [0.05, 0.1) is 26.0 Å². The highest BCUT2D eigenvalue weighted by molar-refractivity contribution is 5.75. The number of H-pyrrole nitrogens is 1. The van der Waals surface area contributed by atoms with Crippen molar-refractivity contribution in [2.24, 2.45) is 0 Å². The Kier molecular flexibility index (Phi) is 2.58. The fourth-order valence-corrected chi connectivity index (χ4v) is 1.52. The number of ether oxygens (including phenoxy) is 2. The molecule has 15 heavy (non-hydrogen) atoms. The van der Waals surface area contributed by atoms with Gasteiger partial charge in [-0.05, 0) is 12.1 Å². The van der Waals surface area contributed by atoms with E-state index in [9.17, 15) is 0 Å². The first kappa shape index (κ1) is 9.58. The highest BCUT2D eigenvalue weighted by Gasteiger charge is 2.12. The third-order valence-corrected chi connectivity index (χ3v) is 2.21. The van der Waals surface area contributed by atoms with Gasteiger partial charge in [-0.3, -0.25) is 5.10 Å². The largest absolute Gasteiger partial charge is 0.496 e. The van der Waals surface area contributed by atoms with Crippen LogP contribution in [0.3, 0.4) is 0 Å². The van der Waals surface area contributed by atoms with Gasteiger partial charge in [-0.15, -0.1) is 0 Å². The Morgan fingerprint density at radius 2 is 1.80 bits per heavy atom. The van der Waals surface area contributed by atoms with Crippen LogP contribution in [-0.4, -0.2) is 24.4 Å². The molecule has 0 radical (unpaired) electrons. The van der Waals surface area contributed by atoms with Gasteiger partial charge in [0, 0.05) is 11.8 Å². The number of nitrogens with one attached hydrogen (secondary N) is 1. The Morgan fingerprint density at radius 1 is 1.13 bits per heavy atom. The number of aromatic nitrogens is 2. The first-order valence-electron chi connectivity index (χ1n) is 4.57. The van der Waals surface area contributed by atoms with Crippen LogP contribution in [0.4, 0.5) is 0 Å². The lowest BCUT2D eigenvalue weighted by Gasteiger charge is -2.10. The van der Waals surface area contributed by atoms with Crippen molar-refractivity contribution in [3.05, 3.63) is 30.6 Å². The molecular weight excluding hydrogens is 192 g/mol. The van der Waals surface area contributed by atoms with Crippen molar-refractivity contribution in [3.8, 4) is 22.6 Å². The molecule has 0 bridgehead atoms. The maximum atomic E-state index is 5.29. The van der Waals surface area contributed by atoms with Gasteiger partial charge >= 0.3 is 0 Å². The van der Waals surface area contributed by atoms with E-state index in [1.807, 2.05) is 18.2 Å². The molecule has 0 unspecified atom stereocenters. The highest BCUT2D eigenvalue weighted by Crippen LogP contribution is 2.37. The Bertz CT molecular complexity index is 416. The third kappa shape index (κ3) is 1.66. The number of hydrogen-bond donors (Lipinski definition) is 1. The zero-order valence-electron chi connectivity index (χ0n) is 8.65. The van der Waals surface area contributed by atoms with Crippen LogP contribution in [-0.2, 0) is 0 Å². The standard InChI is InChI=1S/C11H12N2O2/c1-14-9-4-3-5-10(15-2)11(9)8-6-12-13-7-8/h3-7H,1-2H3,(H,12,13). The van der Waals surface area contributed by atoms with Gasteiger partial charge in [0.1, 0.15) is 11.5 Å². The van der Waals surface area contributed by atoms with E-state index in [0.29, 0.717) is 0 Å². The lowest BCUT2D eigenvalue weighted by Crippen LogP contribution is -1.91. The molecule has 0 aliphatic rings. The topological polar surface area (TPSA) is 47.1 Å². The molecule has 2 aromatic rings. The summed E-state index contributed by atoms with van der Waals surface area (Å²) in [6, 6.07) is 5.68. The van der Waals surface area contributed by atoms with Gasteiger partial charge < -0.3 is 9.47 Å². The van der Waals surface area contributed by atoms with Crippen LogP contribution in [0.1, 0.15) is 0 Å². The van der Waals surface area contributed by atoms with E-state index in [1.54, 1.807) is 26.6 Å². The van der Waals surface area contributed by atoms with Crippen LogP contribution >= 0.6 is 0 Å². The minimum absolute atomic E-state index is 0.774. The van der Waals surface area contributed by atoms with E-state index in [-0.39, 0.29) is 0 Å². The minimum atomic E-state index is 0.774. The first-order valence-corrected chi connectivity index (χ1v) is 4.57. The maximum absolute atomic E-state index is 5.29. The molecule has 0 amide bonds. The number of nitrogens with zero attached hydrogens (tertiary/aromatic N) is 1. The Labute approximate surface area is 87.8 Å². The molecule has 1 aromatic carbocycles. The van der Waals surface area contributed by atoms with E-state index >= 15 is 0 Å². The summed E-state index contributed by atoms with van der Waals surface area (Å²) in [6.07, 6.45) is 3.54. The van der Waals surface area contributed by atoms with Gasteiger partial charge in [0.15, 0.2) is 0 Å². The molecule has 4 heteroatoms. The number of methoxy groups -OCH3 is 2. The smallest absolute Gasteiger partial charge is 0.130 e. The van der Waals surface area contributed by atoms with Crippen LogP contribution < -0.4 is 9.47 Å². The molecule has 4 nitrogen and oxygen atoms in total. The molecular formula is C11H12N2O2. The zero-order valence-corrected chi connectivity index (χ0v) is 8.65. The van der Waals surface area contributed by atoms with Crippen molar-refractivity contribution in [1.82, 2.24) is 10.2 Å². The average Bonchev–Trinajstić information content (AvgIpc) is 2.81. The van der Waals surface area contributed by atoms with Crippen LogP contribution in [0.15, 0.2) is 30.6 Å².